The van der Waals surface area contributed by atoms with E-state index < -0.39 is 0 Å². The molecule has 0 spiro atoms. The molecule has 0 unspecified atom stereocenters. The molecule has 0 aliphatic heterocycles. The maximum atomic E-state index is 12.4. The number of pyridine rings is 1. The Morgan fingerprint density at radius 3 is 2.45 bits per heavy atom. The topological polar surface area (TPSA) is 45.8 Å². The second kappa shape index (κ2) is 5.02. The van der Waals surface area contributed by atoms with Gasteiger partial charge in [0.1, 0.15) is 11.6 Å². The lowest BCUT2D eigenvalue weighted by Gasteiger charge is -2.09. The van der Waals surface area contributed by atoms with Crippen LogP contribution in [-0.4, -0.2) is 4.57 Å². The van der Waals surface area contributed by atoms with Crippen molar-refractivity contribution in [3.63, 3.8) is 0 Å². The first-order chi connectivity index (χ1) is 9.79. The van der Waals surface area contributed by atoms with Gasteiger partial charge < -0.3 is 4.57 Å². The van der Waals surface area contributed by atoms with Crippen LogP contribution >= 0.6 is 0 Å². The summed E-state index contributed by atoms with van der Waals surface area (Å²) in [5.74, 6) is 0. The van der Waals surface area contributed by atoms with Crippen molar-refractivity contribution in [1.82, 2.24) is 4.57 Å². The minimum atomic E-state index is -0.241. The predicted molar refractivity (Wildman–Crippen MR) is 78.5 cm³/mol. The summed E-state index contributed by atoms with van der Waals surface area (Å²) in [6, 6.07) is 19.2. The summed E-state index contributed by atoms with van der Waals surface area (Å²) in [6.07, 6.45) is 1.81. The Hall–Kier alpha value is -2.86. The Bertz CT molecular complexity index is 858. The van der Waals surface area contributed by atoms with Gasteiger partial charge in [-0.25, -0.2) is 0 Å². The molecule has 3 aromatic rings. The molecular formula is C17H12N2O. The van der Waals surface area contributed by atoms with Gasteiger partial charge in [-0.05, 0) is 10.9 Å². The molecule has 0 fully saturated rings. The Kier molecular flexibility index (Phi) is 3.06. The van der Waals surface area contributed by atoms with Crippen LogP contribution in [0.4, 0.5) is 0 Å². The maximum absolute atomic E-state index is 12.4. The highest BCUT2D eigenvalue weighted by Gasteiger charge is 2.09. The molecule has 0 aliphatic rings. The molecule has 0 aliphatic carbocycles. The molecule has 0 bridgehead atoms. The van der Waals surface area contributed by atoms with Gasteiger partial charge in [0.05, 0.1) is 6.54 Å². The number of nitrogens with zero attached hydrogens (tertiary/aromatic N) is 2. The van der Waals surface area contributed by atoms with Gasteiger partial charge in [-0.2, -0.15) is 5.26 Å². The molecule has 3 rings (SSSR count). The first-order valence-corrected chi connectivity index (χ1v) is 6.36. The third-order valence-electron chi connectivity index (χ3n) is 3.31. The fourth-order valence-electron chi connectivity index (χ4n) is 2.33. The van der Waals surface area contributed by atoms with Crippen LogP contribution in [0, 0.1) is 11.3 Å². The number of hydrogen-bond acceptors (Lipinski definition) is 2. The van der Waals surface area contributed by atoms with Crippen molar-refractivity contribution >= 4 is 10.8 Å². The van der Waals surface area contributed by atoms with Crippen LogP contribution < -0.4 is 5.56 Å². The molecule has 1 aromatic heterocycles. The molecule has 0 saturated heterocycles. The first-order valence-electron chi connectivity index (χ1n) is 6.36. The Morgan fingerprint density at radius 1 is 1.00 bits per heavy atom. The van der Waals surface area contributed by atoms with Gasteiger partial charge in [0.25, 0.3) is 5.56 Å². The van der Waals surface area contributed by atoms with E-state index in [2.05, 4.69) is 0 Å². The molecule has 1 heterocycles. The van der Waals surface area contributed by atoms with Crippen LogP contribution in [0.15, 0.2) is 65.6 Å². The first kappa shape index (κ1) is 12.2. The smallest absolute Gasteiger partial charge is 0.269 e. The molecule has 0 N–H and O–H groups in total. The van der Waals surface area contributed by atoms with Crippen molar-refractivity contribution in [1.29, 1.82) is 5.26 Å². The van der Waals surface area contributed by atoms with E-state index >= 15 is 0 Å². The van der Waals surface area contributed by atoms with Crippen LogP contribution in [0.3, 0.4) is 0 Å². The van der Waals surface area contributed by atoms with Gasteiger partial charge >= 0.3 is 0 Å². The molecule has 0 radical (unpaired) electrons. The Balaban J connectivity index is 2.20. The molecular weight excluding hydrogens is 248 g/mol. The summed E-state index contributed by atoms with van der Waals surface area (Å²) in [4.78, 5) is 12.4. The number of benzene rings is 2. The van der Waals surface area contributed by atoms with Crippen LogP contribution in [0.25, 0.3) is 10.8 Å². The molecule has 2 aromatic carbocycles. The minimum absolute atomic E-state index is 0.207. The van der Waals surface area contributed by atoms with Crippen molar-refractivity contribution < 1.29 is 0 Å². The van der Waals surface area contributed by atoms with Gasteiger partial charge in [0.2, 0.25) is 0 Å². The molecule has 96 valence electrons. The van der Waals surface area contributed by atoms with Crippen LogP contribution in [-0.2, 0) is 6.54 Å². The number of nitriles is 1. The predicted octanol–water partition coefficient (Wildman–Crippen LogP) is 2.92. The maximum Gasteiger partial charge on any atom is 0.269 e. The molecule has 3 heteroatoms. The molecule has 0 saturated carbocycles. The monoisotopic (exact) mass is 260 g/mol. The highest BCUT2D eigenvalue weighted by atomic mass is 16.1. The number of hydrogen-bond donors (Lipinski definition) is 0. The average Bonchev–Trinajstić information content (AvgIpc) is 2.49. The van der Waals surface area contributed by atoms with E-state index in [1.807, 2.05) is 66.9 Å². The SMILES string of the molecule is N#Cc1c(=O)n(Cc2ccccc2)cc2ccccc12. The van der Waals surface area contributed by atoms with Crippen molar-refractivity contribution in [3.8, 4) is 6.07 Å². The standard InChI is InChI=1S/C17H12N2O/c18-10-16-15-9-5-4-8-14(15)12-19(17(16)20)11-13-6-2-1-3-7-13/h1-9,12H,11H2. The third-order valence-corrected chi connectivity index (χ3v) is 3.31. The highest BCUT2D eigenvalue weighted by molar-refractivity contribution is 5.86. The van der Waals surface area contributed by atoms with Crippen molar-refractivity contribution in [2.75, 3.05) is 0 Å². The quantitative estimate of drug-likeness (QED) is 0.711. The Labute approximate surface area is 116 Å². The lowest BCUT2D eigenvalue weighted by atomic mass is 10.1. The molecule has 0 atom stereocenters. The average molecular weight is 260 g/mol. The van der Waals surface area contributed by atoms with E-state index in [-0.39, 0.29) is 11.1 Å². The second-order valence-electron chi connectivity index (χ2n) is 4.62. The van der Waals surface area contributed by atoms with Crippen molar-refractivity contribution in [2.24, 2.45) is 0 Å². The van der Waals surface area contributed by atoms with E-state index in [0.29, 0.717) is 11.9 Å². The molecule has 0 amide bonds. The van der Waals surface area contributed by atoms with E-state index in [1.54, 1.807) is 4.57 Å². The van der Waals surface area contributed by atoms with Crippen molar-refractivity contribution in [3.05, 3.63) is 82.3 Å². The van der Waals surface area contributed by atoms with Gasteiger partial charge in [-0.3, -0.25) is 4.79 Å². The lowest BCUT2D eigenvalue weighted by molar-refractivity contribution is 0.764. The van der Waals surface area contributed by atoms with Crippen LogP contribution in [0.1, 0.15) is 11.1 Å². The van der Waals surface area contributed by atoms with Crippen LogP contribution in [0.2, 0.25) is 0 Å². The van der Waals surface area contributed by atoms with E-state index in [9.17, 15) is 10.1 Å². The Morgan fingerprint density at radius 2 is 1.70 bits per heavy atom. The molecule has 3 nitrogen and oxygen atoms in total. The van der Waals surface area contributed by atoms with E-state index in [0.717, 1.165) is 10.9 Å². The van der Waals surface area contributed by atoms with Gasteiger partial charge in [-0.1, -0.05) is 54.6 Å². The summed E-state index contributed by atoms with van der Waals surface area (Å²) >= 11 is 0. The number of rotatable bonds is 2. The lowest BCUT2D eigenvalue weighted by Crippen LogP contribution is -2.22. The fourth-order valence-corrected chi connectivity index (χ4v) is 2.33. The van der Waals surface area contributed by atoms with Crippen molar-refractivity contribution in [2.45, 2.75) is 6.54 Å². The second-order valence-corrected chi connectivity index (χ2v) is 4.62. The molecule has 20 heavy (non-hydrogen) atoms. The summed E-state index contributed by atoms with van der Waals surface area (Å²) in [5, 5.41) is 10.9. The summed E-state index contributed by atoms with van der Waals surface area (Å²) in [6.45, 7) is 0.471. The van der Waals surface area contributed by atoms with Crippen LogP contribution in [0.5, 0.6) is 0 Å². The van der Waals surface area contributed by atoms with E-state index in [1.165, 1.54) is 0 Å². The number of fused-ring (bicyclic) bond motifs is 1. The zero-order valence-electron chi connectivity index (χ0n) is 10.8. The highest BCUT2D eigenvalue weighted by Crippen LogP contribution is 2.15. The largest absolute Gasteiger partial charge is 0.309 e. The van der Waals surface area contributed by atoms with E-state index in [4.69, 9.17) is 0 Å². The van der Waals surface area contributed by atoms with Gasteiger partial charge in [0.15, 0.2) is 0 Å². The minimum Gasteiger partial charge on any atom is -0.309 e. The zero-order chi connectivity index (χ0) is 13.9. The zero-order valence-corrected chi connectivity index (χ0v) is 10.8. The fraction of sp³-hybridized carbons (Fsp3) is 0.0588. The normalized spacial score (nSPS) is 10.3. The van der Waals surface area contributed by atoms with Gasteiger partial charge in [0, 0.05) is 11.6 Å². The summed E-state index contributed by atoms with van der Waals surface area (Å²) in [5.41, 5.74) is 1.00. The van der Waals surface area contributed by atoms with Gasteiger partial charge in [-0.15, -0.1) is 0 Å². The number of aromatic nitrogens is 1. The summed E-state index contributed by atoms with van der Waals surface area (Å²) in [7, 11) is 0. The summed E-state index contributed by atoms with van der Waals surface area (Å²) < 4.78 is 1.59. The third kappa shape index (κ3) is 2.08.